The second-order valence-corrected chi connectivity index (χ2v) is 8.62. The van der Waals surface area contributed by atoms with Crippen molar-refractivity contribution in [3.63, 3.8) is 0 Å². The van der Waals surface area contributed by atoms with E-state index in [4.69, 9.17) is 4.98 Å². The Morgan fingerprint density at radius 1 is 1.22 bits per heavy atom. The summed E-state index contributed by atoms with van der Waals surface area (Å²) in [5.74, 6) is 0.721. The van der Waals surface area contributed by atoms with E-state index in [1.807, 2.05) is 43.4 Å². The molecule has 4 rings (SSSR count). The Kier molecular flexibility index (Phi) is 6.51. The number of aromatic nitrogens is 3. The van der Waals surface area contributed by atoms with E-state index in [2.05, 4.69) is 35.6 Å². The van der Waals surface area contributed by atoms with Gasteiger partial charge in [-0.05, 0) is 42.2 Å². The lowest BCUT2D eigenvalue weighted by atomic mass is 9.99. The van der Waals surface area contributed by atoms with E-state index in [9.17, 15) is 4.79 Å². The van der Waals surface area contributed by atoms with Gasteiger partial charge in [0.25, 0.3) is 5.56 Å². The zero-order chi connectivity index (χ0) is 22.7. The maximum atomic E-state index is 13.8. The van der Waals surface area contributed by atoms with Gasteiger partial charge < -0.3 is 10.2 Å². The second kappa shape index (κ2) is 9.49. The van der Waals surface area contributed by atoms with Crippen LogP contribution in [0.25, 0.3) is 28.5 Å². The van der Waals surface area contributed by atoms with Crippen molar-refractivity contribution in [3.8, 4) is 22.4 Å². The first-order valence-corrected chi connectivity index (χ1v) is 11.2. The van der Waals surface area contributed by atoms with E-state index in [0.717, 1.165) is 48.6 Å². The smallest absolute Gasteiger partial charge is 0.263 e. The first-order valence-electron chi connectivity index (χ1n) is 11.2. The number of anilines is 1. The highest BCUT2D eigenvalue weighted by atomic mass is 16.1. The molecule has 0 radical (unpaired) electrons. The fraction of sp³-hybridized carbons (Fsp3) is 0.346. The number of pyridine rings is 1. The van der Waals surface area contributed by atoms with Crippen molar-refractivity contribution in [3.05, 3.63) is 71.3 Å². The van der Waals surface area contributed by atoms with Gasteiger partial charge >= 0.3 is 0 Å². The lowest BCUT2D eigenvalue weighted by Gasteiger charge is -2.29. The predicted octanol–water partition coefficient (Wildman–Crippen LogP) is 4.12. The molecule has 6 nitrogen and oxygen atoms in total. The monoisotopic (exact) mass is 429 g/mol. The number of nitrogens with one attached hydrogen (secondary N) is 1. The van der Waals surface area contributed by atoms with Crippen molar-refractivity contribution < 1.29 is 0 Å². The Labute approximate surface area is 189 Å². The van der Waals surface area contributed by atoms with Crippen LogP contribution in [0.1, 0.15) is 32.3 Å². The molecule has 0 aliphatic carbocycles. The molecule has 1 aliphatic rings. The third-order valence-corrected chi connectivity index (χ3v) is 6.03. The summed E-state index contributed by atoms with van der Waals surface area (Å²) in [6, 6.07) is 12.4. The molecular formula is C26H31N5O. The van der Waals surface area contributed by atoms with Crippen LogP contribution in [-0.2, 0) is 7.05 Å². The molecule has 0 bridgehead atoms. The molecular weight excluding hydrogens is 398 g/mol. The van der Waals surface area contributed by atoms with Crippen LogP contribution in [0.4, 0.5) is 5.95 Å². The van der Waals surface area contributed by atoms with Crippen LogP contribution in [-0.4, -0.2) is 39.7 Å². The van der Waals surface area contributed by atoms with Crippen molar-refractivity contribution >= 4 is 12.0 Å². The Hall–Kier alpha value is -3.25. The van der Waals surface area contributed by atoms with E-state index >= 15 is 0 Å². The zero-order valence-corrected chi connectivity index (χ0v) is 19.1. The van der Waals surface area contributed by atoms with Crippen molar-refractivity contribution in [2.75, 3.05) is 18.0 Å². The molecule has 0 spiro atoms. The van der Waals surface area contributed by atoms with Crippen LogP contribution < -0.4 is 15.8 Å². The number of benzene rings is 1. The van der Waals surface area contributed by atoms with Gasteiger partial charge in [0, 0.05) is 50.2 Å². The molecule has 166 valence electrons. The maximum Gasteiger partial charge on any atom is 0.263 e. The third kappa shape index (κ3) is 4.36. The summed E-state index contributed by atoms with van der Waals surface area (Å²) in [6.07, 6.45) is 7.45. The van der Waals surface area contributed by atoms with Gasteiger partial charge in [-0.3, -0.25) is 14.3 Å². The van der Waals surface area contributed by atoms with Crippen LogP contribution >= 0.6 is 0 Å². The molecule has 6 heteroatoms. The molecule has 3 heterocycles. The Bertz CT molecular complexity index is 1150. The summed E-state index contributed by atoms with van der Waals surface area (Å²) in [5, 5.41) is 3.54. The largest absolute Gasteiger partial charge is 0.338 e. The molecule has 1 saturated heterocycles. The highest BCUT2D eigenvalue weighted by Gasteiger charge is 2.29. The van der Waals surface area contributed by atoms with Crippen LogP contribution in [0.5, 0.6) is 0 Å². The average Bonchev–Trinajstić information content (AvgIpc) is 3.28. The number of rotatable bonds is 7. The minimum Gasteiger partial charge on any atom is -0.338 e. The molecule has 0 unspecified atom stereocenters. The molecule has 1 fully saturated rings. The molecule has 2 aromatic heterocycles. The summed E-state index contributed by atoms with van der Waals surface area (Å²) in [7, 11) is 1.83. The molecule has 1 aromatic carbocycles. The first kappa shape index (κ1) is 22.0. The molecule has 1 aliphatic heterocycles. The summed E-state index contributed by atoms with van der Waals surface area (Å²) < 4.78 is 1.70. The quantitative estimate of drug-likeness (QED) is 0.612. The molecule has 32 heavy (non-hydrogen) atoms. The Morgan fingerprint density at radius 3 is 2.72 bits per heavy atom. The molecule has 1 N–H and O–H groups in total. The van der Waals surface area contributed by atoms with E-state index in [-0.39, 0.29) is 5.56 Å². The van der Waals surface area contributed by atoms with Crippen molar-refractivity contribution in [1.29, 1.82) is 0 Å². The summed E-state index contributed by atoms with van der Waals surface area (Å²) >= 11 is 0. The van der Waals surface area contributed by atoms with Crippen molar-refractivity contribution in [2.24, 2.45) is 7.05 Å². The predicted molar refractivity (Wildman–Crippen MR) is 132 cm³/mol. The van der Waals surface area contributed by atoms with E-state index in [1.54, 1.807) is 23.0 Å². The maximum absolute atomic E-state index is 13.8. The lowest BCUT2D eigenvalue weighted by molar-refractivity contribution is 0.517. The van der Waals surface area contributed by atoms with Crippen molar-refractivity contribution in [2.45, 2.75) is 38.8 Å². The highest BCUT2D eigenvalue weighted by molar-refractivity contribution is 5.81. The zero-order valence-electron chi connectivity index (χ0n) is 19.1. The van der Waals surface area contributed by atoms with Gasteiger partial charge in [0.05, 0.1) is 11.3 Å². The van der Waals surface area contributed by atoms with E-state index in [1.165, 1.54) is 0 Å². The molecule has 1 atom stereocenters. The Morgan fingerprint density at radius 2 is 2.00 bits per heavy atom. The topological polar surface area (TPSA) is 63.1 Å². The normalized spacial score (nSPS) is 16.0. The average molecular weight is 430 g/mol. The lowest BCUT2D eigenvalue weighted by Crippen LogP contribution is -2.43. The molecule has 0 amide bonds. The fourth-order valence-corrected chi connectivity index (χ4v) is 4.33. The van der Waals surface area contributed by atoms with Crippen LogP contribution in [0.15, 0.2) is 60.2 Å². The van der Waals surface area contributed by atoms with E-state index < -0.39 is 0 Å². The number of hydrogen-bond acceptors (Lipinski definition) is 5. The van der Waals surface area contributed by atoms with Gasteiger partial charge in [0.15, 0.2) is 0 Å². The van der Waals surface area contributed by atoms with Gasteiger partial charge in [-0.15, -0.1) is 0 Å². The summed E-state index contributed by atoms with van der Waals surface area (Å²) in [6.45, 7) is 9.95. The van der Waals surface area contributed by atoms with Crippen LogP contribution in [0.2, 0.25) is 0 Å². The summed E-state index contributed by atoms with van der Waals surface area (Å²) in [4.78, 5) is 25.3. The van der Waals surface area contributed by atoms with Gasteiger partial charge in [-0.1, -0.05) is 44.7 Å². The second-order valence-electron chi connectivity index (χ2n) is 8.62. The third-order valence-electron chi connectivity index (χ3n) is 6.03. The fourth-order valence-electron chi connectivity index (χ4n) is 4.33. The first-order chi connectivity index (χ1) is 15.5. The summed E-state index contributed by atoms with van der Waals surface area (Å²) in [5.41, 5.74) is 3.93. The molecule has 3 aromatic rings. The van der Waals surface area contributed by atoms with Crippen LogP contribution in [0, 0.1) is 0 Å². The SMILES string of the molecule is C=Cc1cccc(-c2c(-c3ccncc3)nc(N3CCC[C@@H]3CNC(C)C)n(C)c2=O)c1. The number of hydrogen-bond donors (Lipinski definition) is 1. The minimum absolute atomic E-state index is 0.0505. The van der Waals surface area contributed by atoms with Gasteiger partial charge in [0.2, 0.25) is 5.95 Å². The van der Waals surface area contributed by atoms with Gasteiger partial charge in [0.1, 0.15) is 0 Å². The Balaban J connectivity index is 1.88. The minimum atomic E-state index is -0.0505. The molecule has 0 saturated carbocycles. The van der Waals surface area contributed by atoms with E-state index in [0.29, 0.717) is 23.3 Å². The highest BCUT2D eigenvalue weighted by Crippen LogP contribution is 2.32. The standard InChI is InChI=1S/C26H31N5O/c1-5-19-8-6-9-21(16-19)23-24(20-11-13-27-14-12-20)29-26(30(4)25(23)32)31-15-7-10-22(31)17-28-18(2)3/h5-6,8-9,11-14,16,18,22,28H,1,7,10,15,17H2,2-4H3/t22-/m1/s1. The van der Waals surface area contributed by atoms with Crippen LogP contribution in [0.3, 0.4) is 0 Å². The number of nitrogens with zero attached hydrogens (tertiary/aromatic N) is 4. The van der Waals surface area contributed by atoms with Gasteiger partial charge in [-0.25, -0.2) is 4.98 Å². The van der Waals surface area contributed by atoms with Crippen molar-refractivity contribution in [1.82, 2.24) is 19.9 Å². The van der Waals surface area contributed by atoms with Gasteiger partial charge in [-0.2, -0.15) is 0 Å².